The van der Waals surface area contributed by atoms with Gasteiger partial charge in [0.25, 0.3) is 0 Å². The van der Waals surface area contributed by atoms with Gasteiger partial charge in [-0.25, -0.2) is 0 Å². The van der Waals surface area contributed by atoms with Crippen molar-refractivity contribution in [3.8, 4) is 12.3 Å². The van der Waals surface area contributed by atoms with E-state index in [2.05, 4.69) is 10.9 Å². The van der Waals surface area contributed by atoms with Crippen LogP contribution in [0.5, 0.6) is 0 Å². The standard InChI is InChI=1S/C11H10N2OS/c1-2-8-6-10(14)13(7-8)9-4-3-5-12-11(9)15/h1,3-5,8H,6-7H2,(H,12,15). The summed E-state index contributed by atoms with van der Waals surface area (Å²) in [5.74, 6) is 2.66. The molecule has 1 aromatic heterocycles. The van der Waals surface area contributed by atoms with Gasteiger partial charge in [-0.2, -0.15) is 0 Å². The zero-order valence-corrected chi connectivity index (χ0v) is 8.88. The number of aromatic amines is 1. The molecule has 4 heteroatoms. The molecule has 3 nitrogen and oxygen atoms in total. The molecule has 2 heterocycles. The van der Waals surface area contributed by atoms with Crippen LogP contribution >= 0.6 is 12.2 Å². The van der Waals surface area contributed by atoms with E-state index in [4.69, 9.17) is 18.6 Å². The highest BCUT2D eigenvalue weighted by atomic mass is 32.1. The van der Waals surface area contributed by atoms with Crippen LogP contribution in [0.4, 0.5) is 5.69 Å². The van der Waals surface area contributed by atoms with E-state index < -0.39 is 0 Å². The quantitative estimate of drug-likeness (QED) is 0.575. The van der Waals surface area contributed by atoms with Crippen LogP contribution in [0, 0.1) is 22.9 Å². The second-order valence-corrected chi connectivity index (χ2v) is 3.86. The van der Waals surface area contributed by atoms with Crippen LogP contribution in [0.2, 0.25) is 0 Å². The molecule has 1 fully saturated rings. The van der Waals surface area contributed by atoms with Crippen molar-refractivity contribution < 1.29 is 4.79 Å². The average Bonchev–Trinajstić information content (AvgIpc) is 2.60. The van der Waals surface area contributed by atoms with Crippen molar-refractivity contribution in [2.75, 3.05) is 11.4 Å². The second-order valence-electron chi connectivity index (χ2n) is 3.46. The minimum absolute atomic E-state index is 0.00658. The van der Waals surface area contributed by atoms with Crippen molar-refractivity contribution in [3.05, 3.63) is 23.0 Å². The molecule has 0 radical (unpaired) electrons. The Kier molecular flexibility index (Phi) is 2.57. The molecule has 0 spiro atoms. The molecule has 1 aliphatic heterocycles. The number of hydrogen-bond donors (Lipinski definition) is 1. The largest absolute Gasteiger partial charge is 0.351 e. The maximum Gasteiger partial charge on any atom is 0.228 e. The zero-order valence-electron chi connectivity index (χ0n) is 8.06. The third kappa shape index (κ3) is 1.79. The van der Waals surface area contributed by atoms with Crippen LogP contribution in [0.3, 0.4) is 0 Å². The number of H-pyrrole nitrogens is 1. The number of rotatable bonds is 1. The molecule has 1 saturated heterocycles. The lowest BCUT2D eigenvalue weighted by Gasteiger charge is -2.15. The number of pyridine rings is 1. The number of anilines is 1. The maximum atomic E-state index is 11.7. The van der Waals surface area contributed by atoms with Gasteiger partial charge in [0, 0.05) is 25.1 Å². The van der Waals surface area contributed by atoms with Gasteiger partial charge in [-0.05, 0) is 12.1 Å². The van der Waals surface area contributed by atoms with E-state index in [1.807, 2.05) is 12.1 Å². The van der Waals surface area contributed by atoms with Crippen molar-refractivity contribution in [1.82, 2.24) is 4.98 Å². The minimum atomic E-state index is 0.00658. The first-order chi connectivity index (χ1) is 7.22. The fourth-order valence-corrected chi connectivity index (χ4v) is 1.92. The van der Waals surface area contributed by atoms with Crippen LogP contribution in [0.25, 0.3) is 0 Å². The molecule has 1 aromatic rings. The Balaban J connectivity index is 2.34. The van der Waals surface area contributed by atoms with Gasteiger partial charge in [0.15, 0.2) is 0 Å². The summed E-state index contributed by atoms with van der Waals surface area (Å²) in [6.45, 7) is 0.566. The van der Waals surface area contributed by atoms with Gasteiger partial charge in [0.2, 0.25) is 5.91 Å². The summed E-state index contributed by atoms with van der Waals surface area (Å²) >= 11 is 5.12. The fraction of sp³-hybridized carbons (Fsp3) is 0.273. The first kappa shape index (κ1) is 9.94. The van der Waals surface area contributed by atoms with Crippen LogP contribution in [-0.4, -0.2) is 17.4 Å². The lowest BCUT2D eigenvalue weighted by Crippen LogP contribution is -2.24. The van der Waals surface area contributed by atoms with Crippen molar-refractivity contribution in [1.29, 1.82) is 0 Å². The highest BCUT2D eigenvalue weighted by Crippen LogP contribution is 2.24. The topological polar surface area (TPSA) is 36.1 Å². The van der Waals surface area contributed by atoms with E-state index >= 15 is 0 Å². The number of terminal acetylenes is 1. The van der Waals surface area contributed by atoms with Crippen molar-refractivity contribution >= 4 is 23.8 Å². The van der Waals surface area contributed by atoms with Crippen LogP contribution < -0.4 is 4.90 Å². The molecule has 2 rings (SSSR count). The molecular weight excluding hydrogens is 208 g/mol. The Labute approximate surface area is 93.1 Å². The van der Waals surface area contributed by atoms with E-state index in [0.717, 1.165) is 5.69 Å². The number of amides is 1. The molecule has 0 bridgehead atoms. The molecule has 1 amide bonds. The van der Waals surface area contributed by atoms with Gasteiger partial charge in [0.05, 0.1) is 5.69 Å². The lowest BCUT2D eigenvalue weighted by atomic mass is 10.1. The van der Waals surface area contributed by atoms with Gasteiger partial charge in [0.1, 0.15) is 4.64 Å². The molecule has 0 aliphatic carbocycles. The Morgan fingerprint density at radius 1 is 1.67 bits per heavy atom. The molecule has 1 aliphatic rings. The Morgan fingerprint density at radius 2 is 2.47 bits per heavy atom. The Hall–Kier alpha value is -1.60. The van der Waals surface area contributed by atoms with E-state index in [-0.39, 0.29) is 11.8 Å². The molecule has 1 atom stereocenters. The molecule has 0 aromatic carbocycles. The third-order valence-electron chi connectivity index (χ3n) is 2.45. The first-order valence-electron chi connectivity index (χ1n) is 4.66. The van der Waals surface area contributed by atoms with Crippen molar-refractivity contribution in [2.24, 2.45) is 5.92 Å². The summed E-state index contributed by atoms with van der Waals surface area (Å²) in [4.78, 5) is 16.2. The van der Waals surface area contributed by atoms with Crippen LogP contribution in [-0.2, 0) is 4.79 Å². The number of hydrogen-bond acceptors (Lipinski definition) is 2. The molecule has 15 heavy (non-hydrogen) atoms. The summed E-state index contributed by atoms with van der Waals surface area (Å²) in [6, 6.07) is 3.65. The van der Waals surface area contributed by atoms with Gasteiger partial charge in [-0.3, -0.25) is 4.79 Å². The van der Waals surface area contributed by atoms with Crippen LogP contribution in [0.15, 0.2) is 18.3 Å². The van der Waals surface area contributed by atoms with Gasteiger partial charge >= 0.3 is 0 Å². The molecule has 0 saturated carbocycles. The number of carbonyl (C=O) groups excluding carboxylic acids is 1. The minimum Gasteiger partial charge on any atom is -0.351 e. The van der Waals surface area contributed by atoms with Gasteiger partial charge < -0.3 is 9.88 Å². The monoisotopic (exact) mass is 218 g/mol. The highest BCUT2D eigenvalue weighted by Gasteiger charge is 2.29. The molecule has 1 N–H and O–H groups in total. The summed E-state index contributed by atoms with van der Waals surface area (Å²) in [5, 5.41) is 0. The van der Waals surface area contributed by atoms with Crippen molar-refractivity contribution in [3.63, 3.8) is 0 Å². The van der Waals surface area contributed by atoms with E-state index in [9.17, 15) is 4.79 Å². The highest BCUT2D eigenvalue weighted by molar-refractivity contribution is 7.71. The number of nitrogens with zero attached hydrogens (tertiary/aromatic N) is 1. The number of nitrogens with one attached hydrogen (secondary N) is 1. The van der Waals surface area contributed by atoms with Crippen LogP contribution in [0.1, 0.15) is 6.42 Å². The predicted molar refractivity (Wildman–Crippen MR) is 60.9 cm³/mol. The Morgan fingerprint density at radius 3 is 3.07 bits per heavy atom. The predicted octanol–water partition coefficient (Wildman–Crippen LogP) is 1.73. The van der Waals surface area contributed by atoms with E-state index in [0.29, 0.717) is 17.6 Å². The van der Waals surface area contributed by atoms with Gasteiger partial charge in [-0.1, -0.05) is 12.2 Å². The van der Waals surface area contributed by atoms with Crippen molar-refractivity contribution in [2.45, 2.75) is 6.42 Å². The number of carbonyl (C=O) groups is 1. The molecule has 76 valence electrons. The SMILES string of the molecule is C#CC1CC(=O)N(c2ccc[nH]c2=S)C1. The third-order valence-corrected chi connectivity index (χ3v) is 2.78. The second kappa shape index (κ2) is 3.87. The summed E-state index contributed by atoms with van der Waals surface area (Å²) in [6.07, 6.45) is 7.47. The number of aromatic nitrogens is 1. The molecular formula is C11H10N2OS. The smallest absolute Gasteiger partial charge is 0.228 e. The first-order valence-corrected chi connectivity index (χ1v) is 5.07. The van der Waals surface area contributed by atoms with E-state index in [1.54, 1.807) is 11.1 Å². The molecule has 1 unspecified atom stereocenters. The fourth-order valence-electron chi connectivity index (χ4n) is 1.68. The summed E-state index contributed by atoms with van der Waals surface area (Å²) in [7, 11) is 0. The summed E-state index contributed by atoms with van der Waals surface area (Å²) in [5.41, 5.74) is 0.746. The lowest BCUT2D eigenvalue weighted by molar-refractivity contribution is -0.117. The van der Waals surface area contributed by atoms with E-state index in [1.165, 1.54) is 0 Å². The maximum absolute atomic E-state index is 11.7. The average molecular weight is 218 g/mol. The Bertz CT molecular complexity index is 486. The normalized spacial score (nSPS) is 20.3. The summed E-state index contributed by atoms with van der Waals surface area (Å²) < 4.78 is 0.573. The van der Waals surface area contributed by atoms with Gasteiger partial charge in [-0.15, -0.1) is 12.3 Å². The zero-order chi connectivity index (χ0) is 10.8.